The van der Waals surface area contributed by atoms with Gasteiger partial charge in [0.2, 0.25) is 5.95 Å². The van der Waals surface area contributed by atoms with Crippen LogP contribution in [0.15, 0.2) is 42.6 Å². The minimum atomic E-state index is -3.46. The minimum Gasteiger partial charge on any atom is -0.477 e. The molecule has 0 spiro atoms. The highest BCUT2D eigenvalue weighted by Crippen LogP contribution is 2.31. The number of carboxylic acid groups (broad SMARTS) is 1. The topological polar surface area (TPSA) is 95.3 Å². The molecule has 0 aliphatic heterocycles. The predicted octanol–water partition coefficient (Wildman–Crippen LogP) is 1.74. The fourth-order valence-electron chi connectivity index (χ4n) is 1.73. The van der Waals surface area contributed by atoms with Gasteiger partial charge >= 0.3 is 5.97 Å². The van der Waals surface area contributed by atoms with Gasteiger partial charge in [-0.3, -0.25) is 0 Å². The van der Waals surface area contributed by atoms with Gasteiger partial charge in [-0.25, -0.2) is 14.8 Å². The molecule has 1 atom stereocenters. The van der Waals surface area contributed by atoms with Crippen LogP contribution in [0.3, 0.4) is 0 Å². The molecular weight excluding hydrogens is 296 g/mol. The Bertz CT molecular complexity index is 653. The lowest BCUT2D eigenvalue weighted by molar-refractivity contribution is -0.108. The summed E-state index contributed by atoms with van der Waals surface area (Å²) in [6, 6.07) is 8.08. The highest BCUT2D eigenvalue weighted by molar-refractivity contribution is 5.85. The predicted molar refractivity (Wildman–Crippen MR) is 73.8 cm³/mol. The Morgan fingerprint density at radius 2 is 1.95 bits per heavy atom. The van der Waals surface area contributed by atoms with Gasteiger partial charge in [0.25, 0.3) is 5.92 Å². The molecule has 0 amide bonds. The van der Waals surface area contributed by atoms with Gasteiger partial charge in [-0.15, -0.1) is 0 Å². The standard InChI is InChI=1S/C14H13F2N3O3/c15-14(16,9-4-2-1-3-5-9)11(20)8-18-13-17-7-6-10(19-13)12(21)22/h1-7,11,20H,8H2,(H,21,22)(H,17,18,19). The Kier molecular flexibility index (Phi) is 4.62. The van der Waals surface area contributed by atoms with Crippen LogP contribution in [0.2, 0.25) is 0 Å². The molecule has 8 heteroatoms. The highest BCUT2D eigenvalue weighted by atomic mass is 19.3. The van der Waals surface area contributed by atoms with Crippen molar-refractivity contribution in [1.82, 2.24) is 9.97 Å². The normalized spacial score (nSPS) is 12.7. The van der Waals surface area contributed by atoms with E-state index in [9.17, 15) is 18.7 Å². The highest BCUT2D eigenvalue weighted by Gasteiger charge is 2.40. The number of aliphatic hydroxyl groups is 1. The van der Waals surface area contributed by atoms with Crippen molar-refractivity contribution in [2.75, 3.05) is 11.9 Å². The molecule has 0 aliphatic carbocycles. The molecule has 6 nitrogen and oxygen atoms in total. The third-order valence-electron chi connectivity index (χ3n) is 2.91. The number of aromatic carboxylic acids is 1. The second kappa shape index (κ2) is 6.44. The quantitative estimate of drug-likeness (QED) is 0.752. The number of carbonyl (C=O) groups is 1. The number of hydrogen-bond acceptors (Lipinski definition) is 5. The van der Waals surface area contributed by atoms with E-state index in [2.05, 4.69) is 15.3 Å². The smallest absolute Gasteiger partial charge is 0.354 e. The van der Waals surface area contributed by atoms with Crippen molar-refractivity contribution in [2.24, 2.45) is 0 Å². The van der Waals surface area contributed by atoms with E-state index in [1.54, 1.807) is 6.07 Å². The van der Waals surface area contributed by atoms with Crippen molar-refractivity contribution < 1.29 is 23.8 Å². The van der Waals surface area contributed by atoms with E-state index in [1.165, 1.54) is 36.5 Å². The van der Waals surface area contributed by atoms with E-state index in [1.807, 2.05) is 0 Å². The molecule has 0 aliphatic rings. The molecule has 3 N–H and O–H groups in total. The molecule has 0 radical (unpaired) electrons. The summed E-state index contributed by atoms with van der Waals surface area (Å²) < 4.78 is 28.1. The van der Waals surface area contributed by atoms with Crippen LogP contribution in [-0.2, 0) is 5.92 Å². The Morgan fingerprint density at radius 3 is 2.59 bits per heavy atom. The fourth-order valence-corrected chi connectivity index (χ4v) is 1.73. The van der Waals surface area contributed by atoms with Gasteiger partial charge in [-0.05, 0) is 6.07 Å². The summed E-state index contributed by atoms with van der Waals surface area (Å²) in [5.41, 5.74) is -0.591. The molecule has 0 bridgehead atoms. The van der Waals surface area contributed by atoms with Crippen LogP contribution in [0.5, 0.6) is 0 Å². The van der Waals surface area contributed by atoms with Crippen LogP contribution >= 0.6 is 0 Å². The molecule has 0 fully saturated rings. The number of alkyl halides is 2. The van der Waals surface area contributed by atoms with E-state index in [0.717, 1.165) is 0 Å². The van der Waals surface area contributed by atoms with Crippen LogP contribution in [0.4, 0.5) is 14.7 Å². The van der Waals surface area contributed by atoms with Crippen LogP contribution in [0, 0.1) is 0 Å². The number of anilines is 1. The van der Waals surface area contributed by atoms with E-state index >= 15 is 0 Å². The van der Waals surface area contributed by atoms with Crippen molar-refractivity contribution in [3.05, 3.63) is 53.9 Å². The molecular formula is C14H13F2N3O3. The molecule has 116 valence electrons. The number of benzene rings is 1. The van der Waals surface area contributed by atoms with E-state index in [0.29, 0.717) is 0 Å². The lowest BCUT2D eigenvalue weighted by Crippen LogP contribution is -2.37. The van der Waals surface area contributed by atoms with Gasteiger partial charge in [-0.1, -0.05) is 30.3 Å². The summed E-state index contributed by atoms with van der Waals surface area (Å²) in [4.78, 5) is 18.1. The molecule has 0 saturated heterocycles. The molecule has 1 unspecified atom stereocenters. The van der Waals surface area contributed by atoms with E-state index in [4.69, 9.17) is 5.11 Å². The number of aliphatic hydroxyl groups excluding tert-OH is 1. The maximum Gasteiger partial charge on any atom is 0.354 e. The first-order valence-electron chi connectivity index (χ1n) is 6.33. The SMILES string of the molecule is O=C(O)c1ccnc(NCC(O)C(F)(F)c2ccccc2)n1. The lowest BCUT2D eigenvalue weighted by Gasteiger charge is -2.23. The van der Waals surface area contributed by atoms with Crippen LogP contribution < -0.4 is 5.32 Å². The number of nitrogens with one attached hydrogen (secondary N) is 1. The largest absolute Gasteiger partial charge is 0.477 e. The first kappa shape index (κ1) is 15.8. The number of hydrogen-bond donors (Lipinski definition) is 3. The third kappa shape index (κ3) is 3.53. The lowest BCUT2D eigenvalue weighted by atomic mass is 10.0. The molecule has 2 rings (SSSR count). The minimum absolute atomic E-state index is 0.150. The van der Waals surface area contributed by atoms with Gasteiger partial charge in [0.05, 0.1) is 0 Å². The summed E-state index contributed by atoms with van der Waals surface area (Å²) in [6.45, 7) is -0.537. The van der Waals surface area contributed by atoms with Gasteiger partial charge in [-0.2, -0.15) is 8.78 Å². The van der Waals surface area contributed by atoms with Gasteiger partial charge in [0.1, 0.15) is 6.10 Å². The first-order valence-corrected chi connectivity index (χ1v) is 6.33. The Morgan fingerprint density at radius 1 is 1.27 bits per heavy atom. The summed E-state index contributed by atoms with van der Waals surface area (Å²) in [5, 5.41) is 20.9. The maximum absolute atomic E-state index is 14.0. The van der Waals surface area contributed by atoms with Crippen molar-refractivity contribution >= 4 is 11.9 Å². The zero-order valence-corrected chi connectivity index (χ0v) is 11.3. The van der Waals surface area contributed by atoms with Crippen molar-refractivity contribution in [3.63, 3.8) is 0 Å². The van der Waals surface area contributed by atoms with Gasteiger partial charge < -0.3 is 15.5 Å². The zero-order chi connectivity index (χ0) is 16.2. The van der Waals surface area contributed by atoms with Crippen LogP contribution in [0.25, 0.3) is 0 Å². The van der Waals surface area contributed by atoms with Crippen LogP contribution in [-0.4, -0.2) is 38.8 Å². The molecule has 22 heavy (non-hydrogen) atoms. The summed E-state index contributed by atoms with van der Waals surface area (Å²) in [5.74, 6) is -4.87. The first-order chi connectivity index (χ1) is 10.4. The summed E-state index contributed by atoms with van der Waals surface area (Å²) in [6.07, 6.45) is -0.840. The van der Waals surface area contributed by atoms with Crippen molar-refractivity contribution in [3.8, 4) is 0 Å². The van der Waals surface area contributed by atoms with Crippen molar-refractivity contribution in [1.29, 1.82) is 0 Å². The summed E-state index contributed by atoms with van der Waals surface area (Å²) >= 11 is 0. The Hall–Kier alpha value is -2.61. The number of carboxylic acids is 1. The average Bonchev–Trinajstić information content (AvgIpc) is 2.53. The Balaban J connectivity index is 2.05. The molecule has 1 aromatic heterocycles. The summed E-state index contributed by atoms with van der Waals surface area (Å²) in [7, 11) is 0. The fraction of sp³-hybridized carbons (Fsp3) is 0.214. The average molecular weight is 309 g/mol. The van der Waals surface area contributed by atoms with Gasteiger partial charge in [0.15, 0.2) is 5.69 Å². The molecule has 2 aromatic rings. The monoisotopic (exact) mass is 309 g/mol. The number of aromatic nitrogens is 2. The molecule has 1 aromatic carbocycles. The zero-order valence-electron chi connectivity index (χ0n) is 11.3. The van der Waals surface area contributed by atoms with Crippen molar-refractivity contribution in [2.45, 2.75) is 12.0 Å². The molecule has 0 saturated carbocycles. The van der Waals surface area contributed by atoms with E-state index in [-0.39, 0.29) is 17.2 Å². The Labute approximate surface area is 124 Å². The third-order valence-corrected chi connectivity index (χ3v) is 2.91. The number of rotatable bonds is 6. The van der Waals surface area contributed by atoms with Crippen LogP contribution in [0.1, 0.15) is 16.1 Å². The maximum atomic E-state index is 14.0. The number of nitrogens with zero attached hydrogens (tertiary/aromatic N) is 2. The van der Waals surface area contributed by atoms with Gasteiger partial charge in [0, 0.05) is 18.3 Å². The number of halogens is 2. The second-order valence-corrected chi connectivity index (χ2v) is 4.46. The second-order valence-electron chi connectivity index (χ2n) is 4.46. The molecule has 1 heterocycles. The van der Waals surface area contributed by atoms with E-state index < -0.39 is 24.5 Å².